The zero-order chi connectivity index (χ0) is 13.4. The molecule has 1 atom stereocenters. The van der Waals surface area contributed by atoms with E-state index in [9.17, 15) is 0 Å². The molecule has 6 heteroatoms. The second-order valence-corrected chi connectivity index (χ2v) is 5.90. The molecule has 0 amide bonds. The van der Waals surface area contributed by atoms with E-state index in [0.717, 1.165) is 47.3 Å². The Morgan fingerprint density at radius 2 is 2.25 bits per heavy atom. The molecule has 1 aliphatic heterocycles. The van der Waals surface area contributed by atoms with Crippen molar-refractivity contribution >= 4 is 33.8 Å². The SMILES string of the molecule is c1ccc2c(c1)[nH]c1nc(SC[C@@H]3CCCO3)nnc12. The van der Waals surface area contributed by atoms with Gasteiger partial charge in [-0.3, -0.25) is 0 Å². The second kappa shape index (κ2) is 5.03. The summed E-state index contributed by atoms with van der Waals surface area (Å²) in [5, 5.41) is 10.3. The van der Waals surface area contributed by atoms with E-state index < -0.39 is 0 Å². The van der Waals surface area contributed by atoms with Crippen LogP contribution in [0.5, 0.6) is 0 Å². The standard InChI is InChI=1S/C14H14N4OS/c1-2-6-11-10(5-1)12-13(15-11)16-14(18-17-12)20-8-9-4-3-7-19-9/h1-2,5-6,9H,3-4,7-8H2,(H,15,16,18)/t9-/m0/s1. The molecule has 1 saturated heterocycles. The lowest BCUT2D eigenvalue weighted by Crippen LogP contribution is -2.08. The summed E-state index contributed by atoms with van der Waals surface area (Å²) in [5.41, 5.74) is 2.68. The first-order valence-electron chi connectivity index (χ1n) is 6.76. The summed E-state index contributed by atoms with van der Waals surface area (Å²) < 4.78 is 5.61. The van der Waals surface area contributed by atoms with E-state index >= 15 is 0 Å². The Bertz CT molecular complexity index is 751. The van der Waals surface area contributed by atoms with Crippen LogP contribution in [0.25, 0.3) is 22.1 Å². The molecule has 3 aromatic rings. The number of rotatable bonds is 3. The van der Waals surface area contributed by atoms with Gasteiger partial charge in [-0.15, -0.1) is 10.2 Å². The highest BCUT2D eigenvalue weighted by atomic mass is 32.2. The van der Waals surface area contributed by atoms with Crippen LogP contribution >= 0.6 is 11.8 Å². The van der Waals surface area contributed by atoms with E-state index in [0.29, 0.717) is 11.3 Å². The van der Waals surface area contributed by atoms with Crippen molar-refractivity contribution in [3.8, 4) is 0 Å². The molecule has 1 aromatic carbocycles. The lowest BCUT2D eigenvalue weighted by molar-refractivity contribution is 0.129. The molecule has 2 aromatic heterocycles. The Kier molecular flexibility index (Phi) is 3.05. The van der Waals surface area contributed by atoms with Crippen molar-refractivity contribution in [2.75, 3.05) is 12.4 Å². The number of aromatic amines is 1. The third-order valence-electron chi connectivity index (χ3n) is 3.52. The van der Waals surface area contributed by atoms with Crippen LogP contribution < -0.4 is 0 Å². The number of benzene rings is 1. The molecule has 0 unspecified atom stereocenters. The number of fused-ring (bicyclic) bond motifs is 3. The summed E-state index contributed by atoms with van der Waals surface area (Å²) in [6.07, 6.45) is 2.63. The Balaban J connectivity index is 1.62. The number of hydrogen-bond acceptors (Lipinski definition) is 5. The summed E-state index contributed by atoms with van der Waals surface area (Å²) in [4.78, 5) is 7.84. The highest BCUT2D eigenvalue weighted by molar-refractivity contribution is 7.99. The highest BCUT2D eigenvalue weighted by Crippen LogP contribution is 2.25. The van der Waals surface area contributed by atoms with Gasteiger partial charge in [-0.25, -0.2) is 4.98 Å². The number of para-hydroxylation sites is 1. The summed E-state index contributed by atoms with van der Waals surface area (Å²) in [6.45, 7) is 0.880. The first-order valence-corrected chi connectivity index (χ1v) is 7.74. The van der Waals surface area contributed by atoms with Gasteiger partial charge in [0, 0.05) is 23.3 Å². The topological polar surface area (TPSA) is 63.7 Å². The molecule has 1 aliphatic rings. The maximum atomic E-state index is 5.61. The van der Waals surface area contributed by atoms with Crippen LogP contribution in [-0.4, -0.2) is 38.6 Å². The fourth-order valence-electron chi connectivity index (χ4n) is 2.51. The predicted molar refractivity (Wildman–Crippen MR) is 78.9 cm³/mol. The molecule has 0 bridgehead atoms. The van der Waals surface area contributed by atoms with Crippen molar-refractivity contribution in [1.29, 1.82) is 0 Å². The van der Waals surface area contributed by atoms with Gasteiger partial charge in [-0.2, -0.15) is 0 Å². The molecule has 5 nitrogen and oxygen atoms in total. The van der Waals surface area contributed by atoms with Gasteiger partial charge >= 0.3 is 0 Å². The molecule has 0 spiro atoms. The monoisotopic (exact) mass is 286 g/mol. The van der Waals surface area contributed by atoms with E-state index in [-0.39, 0.29) is 0 Å². The van der Waals surface area contributed by atoms with Crippen LogP contribution in [0.15, 0.2) is 29.4 Å². The number of H-pyrrole nitrogens is 1. The van der Waals surface area contributed by atoms with E-state index in [1.165, 1.54) is 0 Å². The average molecular weight is 286 g/mol. The fraction of sp³-hybridized carbons (Fsp3) is 0.357. The van der Waals surface area contributed by atoms with Crippen molar-refractivity contribution in [3.63, 3.8) is 0 Å². The number of ether oxygens (including phenoxy) is 1. The Labute approximate surface area is 120 Å². The number of thioether (sulfide) groups is 1. The number of aromatic nitrogens is 4. The van der Waals surface area contributed by atoms with Crippen molar-refractivity contribution in [1.82, 2.24) is 20.2 Å². The molecule has 4 rings (SSSR count). The zero-order valence-corrected chi connectivity index (χ0v) is 11.7. The lowest BCUT2D eigenvalue weighted by atomic mass is 10.2. The zero-order valence-electron chi connectivity index (χ0n) is 10.9. The number of nitrogens with zero attached hydrogens (tertiary/aromatic N) is 3. The fourth-order valence-corrected chi connectivity index (χ4v) is 3.36. The molecular formula is C14H14N4OS. The summed E-state index contributed by atoms with van der Waals surface area (Å²) >= 11 is 1.61. The van der Waals surface area contributed by atoms with E-state index in [1.54, 1.807) is 11.8 Å². The summed E-state index contributed by atoms with van der Waals surface area (Å²) in [6, 6.07) is 8.05. The largest absolute Gasteiger partial charge is 0.377 e. The minimum absolute atomic E-state index is 0.335. The van der Waals surface area contributed by atoms with Crippen LogP contribution in [-0.2, 0) is 4.74 Å². The van der Waals surface area contributed by atoms with E-state index in [2.05, 4.69) is 20.2 Å². The van der Waals surface area contributed by atoms with Crippen LogP contribution in [0.3, 0.4) is 0 Å². The lowest BCUT2D eigenvalue weighted by Gasteiger charge is -2.06. The molecule has 1 fully saturated rings. The van der Waals surface area contributed by atoms with Crippen LogP contribution in [0.1, 0.15) is 12.8 Å². The summed E-state index contributed by atoms with van der Waals surface area (Å²) in [7, 11) is 0. The predicted octanol–water partition coefficient (Wildman–Crippen LogP) is 2.78. The summed E-state index contributed by atoms with van der Waals surface area (Å²) in [5.74, 6) is 0.896. The van der Waals surface area contributed by atoms with Gasteiger partial charge < -0.3 is 9.72 Å². The quantitative estimate of drug-likeness (QED) is 0.750. The maximum absolute atomic E-state index is 5.61. The molecule has 0 radical (unpaired) electrons. The molecule has 1 N–H and O–H groups in total. The molecule has 102 valence electrons. The van der Waals surface area contributed by atoms with Crippen LogP contribution in [0, 0.1) is 0 Å². The van der Waals surface area contributed by atoms with Gasteiger partial charge in [-0.1, -0.05) is 30.0 Å². The van der Waals surface area contributed by atoms with Gasteiger partial charge in [-0.05, 0) is 18.9 Å². The van der Waals surface area contributed by atoms with Gasteiger partial charge in [0.2, 0.25) is 5.16 Å². The van der Waals surface area contributed by atoms with Gasteiger partial charge in [0.1, 0.15) is 5.52 Å². The van der Waals surface area contributed by atoms with Crippen LogP contribution in [0.4, 0.5) is 0 Å². The molecule has 3 heterocycles. The van der Waals surface area contributed by atoms with Gasteiger partial charge in [0.15, 0.2) is 5.65 Å². The average Bonchev–Trinajstić information content (AvgIpc) is 3.12. The molecule has 0 saturated carbocycles. The highest BCUT2D eigenvalue weighted by Gasteiger charge is 2.17. The van der Waals surface area contributed by atoms with Crippen molar-refractivity contribution in [2.45, 2.75) is 24.1 Å². The maximum Gasteiger partial charge on any atom is 0.211 e. The molecule has 0 aliphatic carbocycles. The molecular weight excluding hydrogens is 272 g/mol. The Morgan fingerprint density at radius 1 is 1.30 bits per heavy atom. The third kappa shape index (κ3) is 2.14. The third-order valence-corrected chi connectivity index (χ3v) is 4.49. The van der Waals surface area contributed by atoms with E-state index in [4.69, 9.17) is 4.74 Å². The minimum atomic E-state index is 0.335. The molecule has 20 heavy (non-hydrogen) atoms. The van der Waals surface area contributed by atoms with E-state index in [1.807, 2.05) is 24.3 Å². The second-order valence-electron chi connectivity index (χ2n) is 4.91. The normalized spacial score (nSPS) is 19.1. The van der Waals surface area contributed by atoms with Crippen molar-refractivity contribution in [2.24, 2.45) is 0 Å². The van der Waals surface area contributed by atoms with Gasteiger partial charge in [0.05, 0.1) is 6.10 Å². The van der Waals surface area contributed by atoms with Gasteiger partial charge in [0.25, 0.3) is 0 Å². The Morgan fingerprint density at radius 3 is 3.15 bits per heavy atom. The number of nitrogens with one attached hydrogen (secondary N) is 1. The van der Waals surface area contributed by atoms with Crippen molar-refractivity contribution in [3.05, 3.63) is 24.3 Å². The minimum Gasteiger partial charge on any atom is -0.377 e. The van der Waals surface area contributed by atoms with Crippen molar-refractivity contribution < 1.29 is 4.74 Å². The van der Waals surface area contributed by atoms with Crippen LogP contribution in [0.2, 0.25) is 0 Å². The number of hydrogen-bond donors (Lipinski definition) is 1. The Hall–Kier alpha value is -1.66. The first-order chi connectivity index (χ1) is 9.90. The first kappa shape index (κ1) is 12.1. The smallest absolute Gasteiger partial charge is 0.211 e.